The molecule has 9 heteroatoms. The Bertz CT molecular complexity index is 1130. The molecule has 1 heterocycles. The van der Waals surface area contributed by atoms with Gasteiger partial charge in [-0.3, -0.25) is 4.79 Å². The highest BCUT2D eigenvalue weighted by Crippen LogP contribution is 2.37. The van der Waals surface area contributed by atoms with Crippen molar-refractivity contribution >= 4 is 23.3 Å². The number of halogens is 3. The minimum absolute atomic E-state index is 0.0348. The number of furan rings is 1. The molecular formula is C23H20F3N3O3. The zero-order chi connectivity index (χ0) is 22.7. The highest BCUT2D eigenvalue weighted by Gasteiger charge is 2.35. The molecule has 0 aliphatic heterocycles. The minimum Gasteiger partial charge on any atom is -0.469 e. The van der Waals surface area contributed by atoms with E-state index in [2.05, 4.69) is 16.0 Å². The number of rotatable bonds is 4. The molecule has 1 aliphatic carbocycles. The van der Waals surface area contributed by atoms with Crippen molar-refractivity contribution in [3.05, 3.63) is 83.3 Å². The lowest BCUT2D eigenvalue weighted by Gasteiger charge is -2.23. The normalized spacial score (nSPS) is 15.5. The van der Waals surface area contributed by atoms with Gasteiger partial charge in [0.1, 0.15) is 5.76 Å². The molecule has 32 heavy (non-hydrogen) atoms. The van der Waals surface area contributed by atoms with E-state index in [0.717, 1.165) is 36.3 Å². The van der Waals surface area contributed by atoms with Crippen LogP contribution < -0.4 is 16.0 Å². The fourth-order valence-electron chi connectivity index (χ4n) is 3.71. The number of nitrogens with one attached hydrogen (secondary N) is 3. The summed E-state index contributed by atoms with van der Waals surface area (Å²) in [4.78, 5) is 24.7. The number of carbonyl (C=O) groups excluding carboxylic acids is 2. The first-order valence-electron chi connectivity index (χ1n) is 10.0. The number of urea groups is 1. The molecule has 3 amide bonds. The summed E-state index contributed by atoms with van der Waals surface area (Å²) in [5.41, 5.74) is -0.357. The van der Waals surface area contributed by atoms with E-state index >= 15 is 0 Å². The van der Waals surface area contributed by atoms with E-state index < -0.39 is 29.4 Å². The van der Waals surface area contributed by atoms with Gasteiger partial charge in [-0.05, 0) is 49.2 Å². The number of fused-ring (bicyclic) bond motifs is 1. The number of alkyl halides is 3. The van der Waals surface area contributed by atoms with E-state index in [9.17, 15) is 22.8 Å². The Labute approximate surface area is 181 Å². The standard InChI is InChI=1S/C23H20F3N3O3/c24-23(25,26)17-13-15(27-21(30)14-5-2-1-3-6-14)9-10-19(17)29-22(31)28-18-7-4-8-20-16(18)11-12-32-20/h1-3,5-6,9-13,18H,4,7-8H2,(H,27,30)(H2,28,29,31). The molecule has 4 rings (SSSR count). The molecule has 0 spiro atoms. The van der Waals surface area contributed by atoms with Crippen molar-refractivity contribution in [3.8, 4) is 0 Å². The number of hydrogen-bond donors (Lipinski definition) is 3. The van der Waals surface area contributed by atoms with Gasteiger partial charge in [-0.15, -0.1) is 0 Å². The lowest BCUT2D eigenvalue weighted by molar-refractivity contribution is -0.136. The number of benzene rings is 2. The summed E-state index contributed by atoms with van der Waals surface area (Å²) < 4.78 is 46.3. The van der Waals surface area contributed by atoms with Gasteiger partial charge in [0.25, 0.3) is 5.91 Å². The second-order valence-electron chi connectivity index (χ2n) is 7.42. The molecule has 3 aromatic rings. The average molecular weight is 443 g/mol. The maximum absolute atomic E-state index is 13.7. The summed E-state index contributed by atoms with van der Waals surface area (Å²) in [5.74, 6) is 0.237. The third-order valence-corrected chi connectivity index (χ3v) is 5.22. The second-order valence-corrected chi connectivity index (χ2v) is 7.42. The Balaban J connectivity index is 1.50. The zero-order valence-corrected chi connectivity index (χ0v) is 16.8. The predicted octanol–water partition coefficient (Wildman–Crippen LogP) is 5.75. The lowest BCUT2D eigenvalue weighted by atomic mass is 9.93. The smallest absolute Gasteiger partial charge is 0.418 e. The number of anilines is 2. The van der Waals surface area contributed by atoms with Gasteiger partial charge >= 0.3 is 12.2 Å². The third kappa shape index (κ3) is 4.77. The van der Waals surface area contributed by atoms with Crippen LogP contribution in [0.25, 0.3) is 0 Å². The van der Waals surface area contributed by atoms with E-state index in [0.29, 0.717) is 12.0 Å². The first-order chi connectivity index (χ1) is 15.3. The number of aryl methyl sites for hydroxylation is 1. The van der Waals surface area contributed by atoms with Gasteiger partial charge < -0.3 is 20.4 Å². The molecule has 2 aromatic carbocycles. The monoisotopic (exact) mass is 443 g/mol. The van der Waals surface area contributed by atoms with Gasteiger partial charge in [0.15, 0.2) is 0 Å². The fraction of sp³-hybridized carbons (Fsp3) is 0.217. The van der Waals surface area contributed by atoms with Crippen molar-refractivity contribution in [1.29, 1.82) is 0 Å². The zero-order valence-electron chi connectivity index (χ0n) is 16.8. The summed E-state index contributed by atoms with van der Waals surface area (Å²) in [5, 5.41) is 7.44. The maximum Gasteiger partial charge on any atom is 0.418 e. The summed E-state index contributed by atoms with van der Waals surface area (Å²) in [6.45, 7) is 0. The molecule has 0 bridgehead atoms. The number of hydrogen-bond acceptors (Lipinski definition) is 3. The summed E-state index contributed by atoms with van der Waals surface area (Å²) in [7, 11) is 0. The predicted molar refractivity (Wildman–Crippen MR) is 112 cm³/mol. The molecule has 1 atom stereocenters. The van der Waals surface area contributed by atoms with Crippen LogP contribution in [0.15, 0.2) is 65.3 Å². The van der Waals surface area contributed by atoms with Crippen LogP contribution in [-0.2, 0) is 12.6 Å². The van der Waals surface area contributed by atoms with Crippen molar-refractivity contribution in [3.63, 3.8) is 0 Å². The Morgan fingerprint density at radius 2 is 1.78 bits per heavy atom. The van der Waals surface area contributed by atoms with Gasteiger partial charge in [0.05, 0.1) is 23.6 Å². The van der Waals surface area contributed by atoms with Crippen molar-refractivity contribution in [2.45, 2.75) is 31.5 Å². The van der Waals surface area contributed by atoms with Crippen molar-refractivity contribution in [2.24, 2.45) is 0 Å². The molecule has 166 valence electrons. The Morgan fingerprint density at radius 1 is 1.00 bits per heavy atom. The first-order valence-corrected chi connectivity index (χ1v) is 10.0. The van der Waals surface area contributed by atoms with E-state index in [1.807, 2.05) is 0 Å². The summed E-state index contributed by atoms with van der Waals surface area (Å²) in [6, 6.07) is 12.0. The molecule has 0 fully saturated rings. The van der Waals surface area contributed by atoms with E-state index in [4.69, 9.17) is 4.42 Å². The molecular weight excluding hydrogens is 423 g/mol. The van der Waals surface area contributed by atoms with E-state index in [1.54, 1.807) is 36.4 Å². The molecule has 0 saturated carbocycles. The van der Waals surface area contributed by atoms with Crippen molar-refractivity contribution in [2.75, 3.05) is 10.6 Å². The largest absolute Gasteiger partial charge is 0.469 e. The van der Waals surface area contributed by atoms with E-state index in [-0.39, 0.29) is 11.7 Å². The van der Waals surface area contributed by atoms with Gasteiger partial charge in [-0.25, -0.2) is 4.79 Å². The topological polar surface area (TPSA) is 83.4 Å². The highest BCUT2D eigenvalue weighted by atomic mass is 19.4. The summed E-state index contributed by atoms with van der Waals surface area (Å²) >= 11 is 0. The SMILES string of the molecule is O=C(Nc1ccc(NC(=O)c2ccccc2)cc1C(F)(F)F)NC1CCCc2occc21. The number of carbonyl (C=O) groups is 2. The van der Waals surface area contributed by atoms with Gasteiger partial charge in [0, 0.05) is 23.2 Å². The van der Waals surface area contributed by atoms with Crippen LogP contribution in [0, 0.1) is 0 Å². The van der Waals surface area contributed by atoms with Crippen LogP contribution in [0.4, 0.5) is 29.3 Å². The minimum atomic E-state index is -4.74. The van der Waals surface area contributed by atoms with Gasteiger partial charge in [-0.1, -0.05) is 18.2 Å². The first kappa shape index (κ1) is 21.5. The molecule has 0 radical (unpaired) electrons. The van der Waals surface area contributed by atoms with Crippen LogP contribution in [0.2, 0.25) is 0 Å². The lowest BCUT2D eigenvalue weighted by Crippen LogP contribution is -2.34. The van der Waals surface area contributed by atoms with Crippen LogP contribution in [0.1, 0.15) is 46.1 Å². The second kappa shape index (κ2) is 8.78. The molecule has 6 nitrogen and oxygen atoms in total. The number of amides is 3. The molecule has 1 unspecified atom stereocenters. The molecule has 0 saturated heterocycles. The van der Waals surface area contributed by atoms with E-state index in [1.165, 1.54) is 12.3 Å². The molecule has 1 aliphatic rings. The van der Waals surface area contributed by atoms with Crippen LogP contribution in [-0.4, -0.2) is 11.9 Å². The Kier molecular flexibility index (Phi) is 5.89. The van der Waals surface area contributed by atoms with Crippen LogP contribution in [0.5, 0.6) is 0 Å². The molecule has 3 N–H and O–H groups in total. The van der Waals surface area contributed by atoms with Crippen LogP contribution >= 0.6 is 0 Å². The van der Waals surface area contributed by atoms with Crippen LogP contribution in [0.3, 0.4) is 0 Å². The van der Waals surface area contributed by atoms with Crippen molar-refractivity contribution in [1.82, 2.24) is 5.32 Å². The molecule has 1 aromatic heterocycles. The van der Waals surface area contributed by atoms with Crippen molar-refractivity contribution < 1.29 is 27.2 Å². The average Bonchev–Trinajstić information content (AvgIpc) is 3.24. The maximum atomic E-state index is 13.7. The highest BCUT2D eigenvalue weighted by molar-refractivity contribution is 6.04. The van der Waals surface area contributed by atoms with Gasteiger partial charge in [-0.2, -0.15) is 13.2 Å². The van der Waals surface area contributed by atoms with Gasteiger partial charge in [0.2, 0.25) is 0 Å². The third-order valence-electron chi connectivity index (χ3n) is 5.22. The fourth-order valence-corrected chi connectivity index (χ4v) is 3.71. The Hall–Kier alpha value is -3.75. The quantitative estimate of drug-likeness (QED) is 0.480. The Morgan fingerprint density at radius 3 is 2.53 bits per heavy atom. The summed E-state index contributed by atoms with van der Waals surface area (Å²) in [6.07, 6.45) is -0.979.